The van der Waals surface area contributed by atoms with Gasteiger partial charge in [-0.05, 0) is 12.8 Å². The number of aromatic nitrogens is 4. The van der Waals surface area contributed by atoms with Crippen LogP contribution in [0.15, 0.2) is 24.8 Å². The minimum absolute atomic E-state index is 0.246. The third-order valence-corrected chi connectivity index (χ3v) is 2.95. The average Bonchev–Trinajstić information content (AvgIpc) is 2.39. The number of aryl methyl sites for hydroxylation is 1. The third kappa shape index (κ3) is 3.23. The molecule has 18 heavy (non-hydrogen) atoms. The second kappa shape index (κ2) is 5.87. The topological polar surface area (TPSA) is 51.6 Å². The minimum Gasteiger partial charge on any atom is -0.261 e. The highest BCUT2D eigenvalue weighted by Crippen LogP contribution is 2.17. The van der Waals surface area contributed by atoms with Crippen molar-refractivity contribution in [2.24, 2.45) is 0 Å². The second-order valence-corrected chi connectivity index (χ2v) is 4.61. The molecule has 0 aliphatic heterocycles. The molecule has 4 nitrogen and oxygen atoms in total. The lowest BCUT2D eigenvalue weighted by molar-refractivity contribution is 0.702. The Hall–Kier alpha value is -1.55. The van der Waals surface area contributed by atoms with Crippen molar-refractivity contribution in [1.29, 1.82) is 0 Å². The number of nitrogens with zero attached hydrogens (tertiary/aromatic N) is 4. The van der Waals surface area contributed by atoms with Gasteiger partial charge in [0.15, 0.2) is 0 Å². The lowest BCUT2D eigenvalue weighted by atomic mass is 10.0. The molecule has 0 radical (unpaired) electrons. The van der Waals surface area contributed by atoms with E-state index in [-0.39, 0.29) is 5.92 Å². The first-order valence-corrected chi connectivity index (χ1v) is 6.34. The molecule has 2 aromatic heterocycles. The Morgan fingerprint density at radius 1 is 1.11 bits per heavy atom. The van der Waals surface area contributed by atoms with E-state index in [4.69, 9.17) is 11.6 Å². The van der Waals surface area contributed by atoms with Gasteiger partial charge in [0, 0.05) is 18.3 Å². The lowest BCUT2D eigenvalue weighted by Gasteiger charge is -2.10. The summed E-state index contributed by atoms with van der Waals surface area (Å²) in [6.45, 7) is 4.17. The monoisotopic (exact) mass is 262 g/mol. The fourth-order valence-electron chi connectivity index (χ4n) is 1.72. The van der Waals surface area contributed by atoms with Gasteiger partial charge in [0.1, 0.15) is 5.15 Å². The second-order valence-electron chi connectivity index (χ2n) is 4.22. The molecule has 0 aliphatic carbocycles. The number of hydrogen-bond donors (Lipinski definition) is 0. The van der Waals surface area contributed by atoms with Crippen molar-refractivity contribution in [3.63, 3.8) is 0 Å². The van der Waals surface area contributed by atoms with Crippen LogP contribution < -0.4 is 0 Å². The molecule has 5 heteroatoms. The van der Waals surface area contributed by atoms with Gasteiger partial charge in [-0.1, -0.05) is 25.4 Å². The quantitative estimate of drug-likeness (QED) is 0.850. The fourth-order valence-corrected chi connectivity index (χ4v) is 1.81. The van der Waals surface area contributed by atoms with Crippen molar-refractivity contribution >= 4 is 11.6 Å². The molecular weight excluding hydrogens is 248 g/mol. The number of rotatable bonds is 4. The smallest absolute Gasteiger partial charge is 0.147 e. The van der Waals surface area contributed by atoms with Crippen LogP contribution in [0.1, 0.15) is 36.8 Å². The maximum absolute atomic E-state index is 5.72. The van der Waals surface area contributed by atoms with Crippen LogP contribution in [0.4, 0.5) is 0 Å². The van der Waals surface area contributed by atoms with E-state index in [2.05, 4.69) is 33.8 Å². The molecule has 1 atom stereocenters. The zero-order chi connectivity index (χ0) is 13.0. The maximum atomic E-state index is 5.72. The molecule has 0 N–H and O–H groups in total. The fraction of sp³-hybridized carbons (Fsp3) is 0.385. The Bertz CT molecular complexity index is 513. The maximum Gasteiger partial charge on any atom is 0.147 e. The van der Waals surface area contributed by atoms with Gasteiger partial charge in [-0.25, -0.2) is 4.98 Å². The molecule has 0 saturated carbocycles. The zero-order valence-corrected chi connectivity index (χ0v) is 11.2. The van der Waals surface area contributed by atoms with Crippen LogP contribution in [0.5, 0.6) is 0 Å². The Morgan fingerprint density at radius 2 is 1.89 bits per heavy atom. The summed E-state index contributed by atoms with van der Waals surface area (Å²) in [4.78, 5) is 17.1. The Balaban J connectivity index is 2.10. The van der Waals surface area contributed by atoms with E-state index >= 15 is 0 Å². The van der Waals surface area contributed by atoms with Crippen LogP contribution >= 0.6 is 11.6 Å². The number of hydrogen-bond acceptors (Lipinski definition) is 4. The molecule has 2 rings (SSSR count). The molecule has 0 fully saturated rings. The van der Waals surface area contributed by atoms with Crippen LogP contribution in [0, 0.1) is 0 Å². The lowest BCUT2D eigenvalue weighted by Crippen LogP contribution is -2.05. The highest BCUT2D eigenvalue weighted by Gasteiger charge is 2.10. The van der Waals surface area contributed by atoms with Gasteiger partial charge in [-0.2, -0.15) is 0 Å². The van der Waals surface area contributed by atoms with E-state index in [9.17, 15) is 0 Å². The van der Waals surface area contributed by atoms with Crippen molar-refractivity contribution in [2.75, 3.05) is 0 Å². The largest absolute Gasteiger partial charge is 0.261 e. The van der Waals surface area contributed by atoms with Gasteiger partial charge < -0.3 is 0 Å². The zero-order valence-electron chi connectivity index (χ0n) is 10.5. The molecule has 0 amide bonds. The van der Waals surface area contributed by atoms with Crippen molar-refractivity contribution in [3.05, 3.63) is 47.0 Å². The Kier molecular flexibility index (Phi) is 4.20. The Morgan fingerprint density at radius 3 is 2.56 bits per heavy atom. The van der Waals surface area contributed by atoms with Crippen LogP contribution in [0.3, 0.4) is 0 Å². The summed E-state index contributed by atoms with van der Waals surface area (Å²) in [5.74, 6) is 0.246. The van der Waals surface area contributed by atoms with Crippen molar-refractivity contribution < 1.29 is 0 Å². The molecule has 2 heterocycles. The summed E-state index contributed by atoms with van der Waals surface area (Å²) in [5.41, 5.74) is 2.92. The molecule has 2 aromatic rings. The van der Waals surface area contributed by atoms with Gasteiger partial charge in [-0.3, -0.25) is 15.0 Å². The molecule has 0 aliphatic rings. The number of halogens is 1. The first kappa shape index (κ1) is 12.9. The molecule has 1 unspecified atom stereocenters. The summed E-state index contributed by atoms with van der Waals surface area (Å²) in [5, 5.41) is 0.415. The van der Waals surface area contributed by atoms with E-state index in [1.165, 1.54) is 0 Å². The van der Waals surface area contributed by atoms with E-state index in [0.29, 0.717) is 5.15 Å². The SMILES string of the molecule is CCc1cncc(CC(C)c2cnc(Cl)cn2)n1. The average molecular weight is 263 g/mol. The van der Waals surface area contributed by atoms with Crippen LogP contribution in [-0.4, -0.2) is 19.9 Å². The predicted molar refractivity (Wildman–Crippen MR) is 70.6 cm³/mol. The highest BCUT2D eigenvalue weighted by atomic mass is 35.5. The first-order chi connectivity index (χ1) is 8.69. The van der Waals surface area contributed by atoms with E-state index in [1.807, 2.05) is 0 Å². The van der Waals surface area contributed by atoms with Gasteiger partial charge in [0.05, 0.1) is 29.5 Å². The molecule has 0 aromatic carbocycles. The highest BCUT2D eigenvalue weighted by molar-refractivity contribution is 6.29. The van der Waals surface area contributed by atoms with Gasteiger partial charge in [-0.15, -0.1) is 0 Å². The van der Waals surface area contributed by atoms with E-state index in [1.54, 1.807) is 24.8 Å². The standard InChI is InChI=1S/C13H15ClN4/c1-3-10-5-15-6-11(18-10)4-9(2)12-7-17-13(14)8-16-12/h5-9H,3-4H2,1-2H3. The summed E-state index contributed by atoms with van der Waals surface area (Å²) in [6, 6.07) is 0. The summed E-state index contributed by atoms with van der Waals surface area (Å²) in [6.07, 6.45) is 8.59. The minimum atomic E-state index is 0.246. The molecule has 0 bridgehead atoms. The van der Waals surface area contributed by atoms with Gasteiger partial charge in [0.2, 0.25) is 0 Å². The van der Waals surface area contributed by atoms with Crippen molar-refractivity contribution in [3.8, 4) is 0 Å². The van der Waals surface area contributed by atoms with Crippen LogP contribution in [0.2, 0.25) is 5.15 Å². The molecule has 0 saturated heterocycles. The van der Waals surface area contributed by atoms with E-state index < -0.39 is 0 Å². The summed E-state index contributed by atoms with van der Waals surface area (Å²) in [7, 11) is 0. The van der Waals surface area contributed by atoms with Crippen LogP contribution in [-0.2, 0) is 12.8 Å². The van der Waals surface area contributed by atoms with E-state index in [0.717, 1.165) is 29.9 Å². The third-order valence-electron chi connectivity index (χ3n) is 2.76. The predicted octanol–water partition coefficient (Wildman–Crippen LogP) is 2.83. The van der Waals surface area contributed by atoms with Gasteiger partial charge in [0.25, 0.3) is 0 Å². The van der Waals surface area contributed by atoms with Crippen molar-refractivity contribution in [2.45, 2.75) is 32.6 Å². The molecule has 0 spiro atoms. The molecular formula is C13H15ClN4. The van der Waals surface area contributed by atoms with Crippen molar-refractivity contribution in [1.82, 2.24) is 19.9 Å². The molecule has 94 valence electrons. The van der Waals surface area contributed by atoms with Gasteiger partial charge >= 0.3 is 0 Å². The summed E-state index contributed by atoms with van der Waals surface area (Å²) < 4.78 is 0. The first-order valence-electron chi connectivity index (χ1n) is 5.96. The van der Waals surface area contributed by atoms with Crippen LogP contribution in [0.25, 0.3) is 0 Å². The Labute approximate surface area is 111 Å². The normalized spacial score (nSPS) is 12.4. The summed E-state index contributed by atoms with van der Waals surface area (Å²) >= 11 is 5.72.